The van der Waals surface area contributed by atoms with Crippen LogP contribution in [-0.2, 0) is 33.1 Å². The van der Waals surface area contributed by atoms with Crippen molar-refractivity contribution in [1.29, 1.82) is 0 Å². The van der Waals surface area contributed by atoms with Crippen LogP contribution >= 0.6 is 0 Å². The monoisotopic (exact) mass is 962 g/mol. The molecule has 0 amide bonds. The zero-order valence-electron chi connectivity index (χ0n) is 39.2. The van der Waals surface area contributed by atoms with E-state index in [1.165, 1.54) is 183 Å². The van der Waals surface area contributed by atoms with Gasteiger partial charge < -0.3 is 24.2 Å². The van der Waals surface area contributed by atoms with Gasteiger partial charge in [-0.25, -0.2) is 8.42 Å². The molecule has 0 aliphatic rings. The van der Waals surface area contributed by atoms with Crippen molar-refractivity contribution in [3.63, 3.8) is 0 Å². The third kappa shape index (κ3) is 26.9. The molecule has 0 bridgehead atoms. The number of phenolic OH excluding ortho intramolecular Hbond substituents is 1. The van der Waals surface area contributed by atoms with Crippen LogP contribution in [0.5, 0.6) is 34.5 Å². The molecule has 356 valence electrons. The van der Waals surface area contributed by atoms with E-state index < -0.39 is 20.2 Å². The molecule has 10 nitrogen and oxygen atoms in total. The summed E-state index contributed by atoms with van der Waals surface area (Å²) in [6, 6.07) is 20.9. The van der Waals surface area contributed by atoms with Crippen LogP contribution in [0.1, 0.15) is 179 Å². The summed E-state index contributed by atoms with van der Waals surface area (Å²) < 4.78 is 76.7. The first-order valence-electron chi connectivity index (χ1n) is 23.9. The Morgan fingerprint density at radius 2 is 0.831 bits per heavy atom. The molecule has 4 aromatic carbocycles. The SMILES string of the molecule is CCCCCCCCCCCCCCc1cc(O)cc(Oc2cccc(S(=O)(=O)O)c2)c1.CCCCCCCCCCCCCCc1cc([O-])cc(Oc2cccc(S(=O)(=O)[O-])c2)c1.[Ca+2]. The van der Waals surface area contributed by atoms with Gasteiger partial charge in [0.05, 0.1) is 9.79 Å². The van der Waals surface area contributed by atoms with Crippen molar-refractivity contribution in [2.24, 2.45) is 0 Å². The molecule has 0 saturated carbocycles. The molecule has 0 fully saturated rings. The van der Waals surface area contributed by atoms with Gasteiger partial charge in [0.1, 0.15) is 38.9 Å². The third-order valence-corrected chi connectivity index (χ3v) is 12.9. The van der Waals surface area contributed by atoms with Gasteiger partial charge in [0.15, 0.2) is 0 Å². The normalized spacial score (nSPS) is 11.4. The molecular weight excluding hydrogens is 889 g/mol. The number of aromatic hydroxyl groups is 1. The molecule has 0 aromatic heterocycles. The van der Waals surface area contributed by atoms with Crippen LogP contribution in [0.25, 0.3) is 0 Å². The zero-order chi connectivity index (χ0) is 46.5. The van der Waals surface area contributed by atoms with Crippen molar-refractivity contribution in [3.8, 4) is 34.5 Å². The number of phenols is 1. The Morgan fingerprint density at radius 1 is 0.462 bits per heavy atom. The fourth-order valence-electron chi connectivity index (χ4n) is 7.68. The minimum absolute atomic E-state index is 0. The average molecular weight is 963 g/mol. The molecule has 4 rings (SSSR count). The van der Waals surface area contributed by atoms with E-state index in [1.807, 2.05) is 6.07 Å². The topological polar surface area (TPSA) is 173 Å². The molecule has 65 heavy (non-hydrogen) atoms. The molecule has 2 N–H and O–H groups in total. The summed E-state index contributed by atoms with van der Waals surface area (Å²) in [5.41, 5.74) is 1.89. The Morgan fingerprint density at radius 3 is 1.25 bits per heavy atom. The maximum absolute atomic E-state index is 12.0. The molecule has 13 heteroatoms. The first-order valence-corrected chi connectivity index (χ1v) is 26.7. The van der Waals surface area contributed by atoms with Crippen molar-refractivity contribution in [3.05, 3.63) is 96.1 Å². The van der Waals surface area contributed by atoms with Crippen molar-refractivity contribution < 1.29 is 45.6 Å². The molecule has 0 aliphatic heterocycles. The van der Waals surface area contributed by atoms with E-state index in [-0.39, 0.29) is 70.5 Å². The smallest absolute Gasteiger partial charge is 0.872 e. The minimum Gasteiger partial charge on any atom is -0.872 e. The van der Waals surface area contributed by atoms with Crippen LogP contribution in [0.2, 0.25) is 0 Å². The number of aryl methyl sites for hydroxylation is 2. The Labute approximate surface area is 421 Å². The summed E-state index contributed by atoms with van der Waals surface area (Å²) in [4.78, 5) is -0.586. The van der Waals surface area contributed by atoms with Crippen LogP contribution in [0, 0.1) is 0 Å². The van der Waals surface area contributed by atoms with Gasteiger partial charge >= 0.3 is 37.7 Å². The van der Waals surface area contributed by atoms with Crippen LogP contribution in [-0.4, -0.2) is 68.8 Å². The van der Waals surface area contributed by atoms with Gasteiger partial charge in [0.2, 0.25) is 0 Å². The average Bonchev–Trinajstić information content (AvgIpc) is 3.24. The summed E-state index contributed by atoms with van der Waals surface area (Å²) >= 11 is 0. The summed E-state index contributed by atoms with van der Waals surface area (Å²) in [7, 11) is -8.85. The quantitative estimate of drug-likeness (QED) is 0.0272. The van der Waals surface area contributed by atoms with Crippen molar-refractivity contribution >= 4 is 58.0 Å². The van der Waals surface area contributed by atoms with Crippen molar-refractivity contribution in [1.82, 2.24) is 0 Å². The summed E-state index contributed by atoms with van der Waals surface area (Å²) in [5, 5.41) is 22.1. The van der Waals surface area contributed by atoms with Gasteiger partial charge in [-0.2, -0.15) is 8.42 Å². The number of ether oxygens (including phenoxy) is 2. The van der Waals surface area contributed by atoms with Gasteiger partial charge in [0, 0.05) is 12.1 Å². The maximum Gasteiger partial charge on any atom is 2.00 e. The molecular formula is C52H74CaO10S2. The molecule has 0 aliphatic carbocycles. The van der Waals surface area contributed by atoms with E-state index in [4.69, 9.17) is 9.47 Å². The molecule has 0 unspecified atom stereocenters. The van der Waals surface area contributed by atoms with Gasteiger partial charge in [-0.15, -0.1) is 5.75 Å². The van der Waals surface area contributed by atoms with E-state index in [1.54, 1.807) is 30.3 Å². The van der Waals surface area contributed by atoms with Gasteiger partial charge in [0.25, 0.3) is 10.1 Å². The zero-order valence-corrected chi connectivity index (χ0v) is 43.0. The number of hydrogen-bond acceptors (Lipinski definition) is 9. The standard InChI is InChI=1S/2C26H38O5S.Ca/c2*1-2-3-4-5-6-7-8-9-10-11-12-13-15-22-18-23(27)20-25(19-22)31-24-16-14-17-26(21-24)32(28,29)30;/h2*14,16-21,27H,2-13,15H2,1H3,(H,28,29,30);/q;;+2/p-2. The Kier molecular flexibility index (Phi) is 30.1. The Balaban J connectivity index is 0.000000440. The largest absolute Gasteiger partial charge is 2.00 e. The number of hydrogen-bond donors (Lipinski definition) is 2. The van der Waals surface area contributed by atoms with Crippen LogP contribution in [0.3, 0.4) is 0 Å². The summed E-state index contributed by atoms with van der Waals surface area (Å²) in [6.45, 7) is 4.50. The fraction of sp³-hybridized carbons (Fsp3) is 0.538. The Bertz CT molecular complexity index is 1970. The van der Waals surface area contributed by atoms with E-state index in [2.05, 4.69) is 13.8 Å². The molecule has 4 aromatic rings. The fourth-order valence-corrected chi connectivity index (χ4v) is 8.71. The van der Waals surface area contributed by atoms with Gasteiger partial charge in [-0.05, 0) is 91.4 Å². The maximum atomic E-state index is 12.0. The van der Waals surface area contributed by atoms with E-state index in [0.29, 0.717) is 11.5 Å². The number of rotatable bonds is 32. The van der Waals surface area contributed by atoms with Crippen LogP contribution in [0.4, 0.5) is 0 Å². The summed E-state index contributed by atoms with van der Waals surface area (Å²) in [5.74, 6) is 1.25. The molecule has 0 atom stereocenters. The van der Waals surface area contributed by atoms with E-state index in [9.17, 15) is 36.2 Å². The summed E-state index contributed by atoms with van der Waals surface area (Å²) in [6.07, 6.45) is 32.7. The van der Waals surface area contributed by atoms with Crippen LogP contribution < -0.4 is 14.6 Å². The second-order valence-corrected chi connectivity index (χ2v) is 19.8. The molecule has 0 spiro atoms. The van der Waals surface area contributed by atoms with E-state index in [0.717, 1.165) is 43.2 Å². The molecule has 0 saturated heterocycles. The third-order valence-electron chi connectivity index (χ3n) is 11.2. The van der Waals surface area contributed by atoms with Gasteiger partial charge in [-0.1, -0.05) is 173 Å². The van der Waals surface area contributed by atoms with Crippen LogP contribution in [0.15, 0.2) is 94.7 Å². The van der Waals surface area contributed by atoms with E-state index >= 15 is 0 Å². The van der Waals surface area contributed by atoms with Crippen molar-refractivity contribution in [2.45, 2.75) is 191 Å². The number of benzene rings is 4. The predicted molar refractivity (Wildman–Crippen MR) is 260 cm³/mol. The first-order chi connectivity index (χ1) is 30.8. The second-order valence-electron chi connectivity index (χ2n) is 17.0. The predicted octanol–water partition coefficient (Wildman–Crippen LogP) is 14.0. The minimum atomic E-state index is -4.56. The second kappa shape index (κ2) is 33.6. The first kappa shape index (κ1) is 58.3. The Hall–Kier alpha value is -2.84. The van der Waals surface area contributed by atoms with Crippen molar-refractivity contribution in [2.75, 3.05) is 0 Å². The van der Waals surface area contributed by atoms with Gasteiger partial charge in [-0.3, -0.25) is 4.55 Å². The number of unbranched alkanes of at least 4 members (excludes halogenated alkanes) is 22. The molecule has 0 radical (unpaired) electrons. The molecule has 0 heterocycles.